The molecule has 0 atom stereocenters. The third-order valence-corrected chi connectivity index (χ3v) is 6.03. The lowest BCUT2D eigenvalue weighted by atomic mass is 10.2. The number of carbonyl (C=O) groups is 1. The third-order valence-electron chi connectivity index (χ3n) is 5.08. The van der Waals surface area contributed by atoms with E-state index in [1.54, 1.807) is 19.8 Å². The lowest BCUT2D eigenvalue weighted by molar-refractivity contribution is -0.113. The number of imidazole rings is 1. The molecule has 0 fully saturated rings. The lowest BCUT2D eigenvalue weighted by Gasteiger charge is -2.09. The summed E-state index contributed by atoms with van der Waals surface area (Å²) in [4.78, 5) is 16.9. The van der Waals surface area contributed by atoms with Crippen LogP contribution in [-0.2, 0) is 4.79 Å². The smallest absolute Gasteiger partial charge is 0.234 e. The predicted octanol–water partition coefficient (Wildman–Crippen LogP) is 4.35. The van der Waals surface area contributed by atoms with Gasteiger partial charge < -0.3 is 10.1 Å². The van der Waals surface area contributed by atoms with E-state index in [1.165, 1.54) is 11.8 Å². The number of hydrogen-bond acceptors (Lipinski definition) is 6. The molecule has 0 unspecified atom stereocenters. The zero-order valence-electron chi connectivity index (χ0n) is 17.8. The minimum atomic E-state index is -0.120. The van der Waals surface area contributed by atoms with E-state index in [0.717, 1.165) is 33.8 Å². The predicted molar refractivity (Wildman–Crippen MR) is 128 cm³/mol. The summed E-state index contributed by atoms with van der Waals surface area (Å²) in [6.07, 6.45) is 3.43. The highest BCUT2D eigenvalue weighted by molar-refractivity contribution is 7.99. The molecule has 8 nitrogen and oxygen atoms in total. The number of nitrogens with zero attached hydrogens (tertiary/aromatic N) is 5. The molecule has 0 aliphatic heterocycles. The van der Waals surface area contributed by atoms with Crippen molar-refractivity contribution < 1.29 is 9.53 Å². The Morgan fingerprint density at radius 2 is 1.67 bits per heavy atom. The van der Waals surface area contributed by atoms with Crippen LogP contribution in [-0.4, -0.2) is 43.1 Å². The van der Waals surface area contributed by atoms with Gasteiger partial charge in [0.15, 0.2) is 5.16 Å². The number of carbonyl (C=O) groups excluding carboxylic acids is 1. The molecule has 0 saturated carbocycles. The summed E-state index contributed by atoms with van der Waals surface area (Å²) in [6, 6.07) is 23.2. The molecule has 33 heavy (non-hydrogen) atoms. The van der Waals surface area contributed by atoms with Gasteiger partial charge in [-0.05, 0) is 60.7 Å². The molecular formula is C24H20N6O2S. The van der Waals surface area contributed by atoms with Crippen molar-refractivity contribution in [2.75, 3.05) is 18.2 Å². The Morgan fingerprint density at radius 3 is 2.45 bits per heavy atom. The number of methoxy groups -OCH3 is 1. The zero-order chi connectivity index (χ0) is 22.6. The molecule has 0 aliphatic rings. The first-order valence-electron chi connectivity index (χ1n) is 10.2. The molecule has 3 aromatic carbocycles. The maximum absolute atomic E-state index is 12.5. The van der Waals surface area contributed by atoms with Crippen LogP contribution in [0.15, 0.2) is 90.6 Å². The molecule has 0 spiro atoms. The van der Waals surface area contributed by atoms with E-state index in [2.05, 4.69) is 20.5 Å². The van der Waals surface area contributed by atoms with Crippen LogP contribution in [0.2, 0.25) is 0 Å². The van der Waals surface area contributed by atoms with Gasteiger partial charge in [-0.1, -0.05) is 23.9 Å². The van der Waals surface area contributed by atoms with Gasteiger partial charge in [0, 0.05) is 17.1 Å². The van der Waals surface area contributed by atoms with Crippen molar-refractivity contribution >= 4 is 34.4 Å². The summed E-state index contributed by atoms with van der Waals surface area (Å²) in [5.74, 6) is 0.862. The number of amides is 1. The second-order valence-corrected chi connectivity index (χ2v) is 8.11. The van der Waals surface area contributed by atoms with Crippen LogP contribution in [0.25, 0.3) is 22.4 Å². The van der Waals surface area contributed by atoms with E-state index in [0.29, 0.717) is 5.16 Å². The van der Waals surface area contributed by atoms with E-state index in [9.17, 15) is 4.79 Å². The number of anilines is 1. The van der Waals surface area contributed by atoms with E-state index in [1.807, 2.05) is 81.9 Å². The Kier molecular flexibility index (Phi) is 5.77. The second kappa shape index (κ2) is 9.17. The fourth-order valence-corrected chi connectivity index (χ4v) is 4.17. The molecule has 2 aromatic heterocycles. The van der Waals surface area contributed by atoms with Gasteiger partial charge in [0.2, 0.25) is 5.91 Å². The minimum Gasteiger partial charge on any atom is -0.497 e. The summed E-state index contributed by atoms with van der Waals surface area (Å²) in [6.45, 7) is 0. The Hall–Kier alpha value is -4.11. The Morgan fingerprint density at radius 1 is 0.939 bits per heavy atom. The Labute approximate surface area is 194 Å². The van der Waals surface area contributed by atoms with Crippen molar-refractivity contribution in [3.63, 3.8) is 0 Å². The number of thioether (sulfide) groups is 1. The minimum absolute atomic E-state index is 0.120. The van der Waals surface area contributed by atoms with Crippen LogP contribution in [0.3, 0.4) is 0 Å². The van der Waals surface area contributed by atoms with Crippen molar-refractivity contribution in [1.82, 2.24) is 24.3 Å². The summed E-state index contributed by atoms with van der Waals surface area (Å²) in [5.41, 5.74) is 4.57. The van der Waals surface area contributed by atoms with Gasteiger partial charge in [-0.2, -0.15) is 0 Å². The molecule has 0 aliphatic carbocycles. The molecule has 9 heteroatoms. The van der Waals surface area contributed by atoms with Crippen LogP contribution in [0.5, 0.6) is 5.75 Å². The van der Waals surface area contributed by atoms with Crippen molar-refractivity contribution in [3.05, 3.63) is 85.5 Å². The maximum atomic E-state index is 12.5. The summed E-state index contributed by atoms with van der Waals surface area (Å²) in [5, 5.41) is 11.7. The van der Waals surface area contributed by atoms with Gasteiger partial charge in [0.25, 0.3) is 0 Å². The SMILES string of the molecule is COc1ccc(-n2cnnc2SCC(=O)Nc2ccc(-n3cnc4ccccc43)cc2)cc1. The van der Waals surface area contributed by atoms with Crippen LogP contribution >= 0.6 is 11.8 Å². The average Bonchev–Trinajstić information content (AvgIpc) is 3.51. The number of ether oxygens (including phenoxy) is 1. The number of rotatable bonds is 7. The van der Waals surface area contributed by atoms with Gasteiger partial charge >= 0.3 is 0 Å². The highest BCUT2D eigenvalue weighted by Gasteiger charge is 2.11. The fraction of sp³-hybridized carbons (Fsp3) is 0.0833. The van der Waals surface area contributed by atoms with Gasteiger partial charge in [-0.25, -0.2) is 4.98 Å². The lowest BCUT2D eigenvalue weighted by Crippen LogP contribution is -2.14. The van der Waals surface area contributed by atoms with E-state index >= 15 is 0 Å². The second-order valence-electron chi connectivity index (χ2n) is 7.17. The largest absolute Gasteiger partial charge is 0.497 e. The molecule has 164 valence electrons. The van der Waals surface area contributed by atoms with E-state index in [4.69, 9.17) is 4.74 Å². The molecule has 0 bridgehead atoms. The van der Waals surface area contributed by atoms with Crippen LogP contribution in [0, 0.1) is 0 Å². The first-order valence-corrected chi connectivity index (χ1v) is 11.2. The van der Waals surface area contributed by atoms with Crippen LogP contribution < -0.4 is 10.1 Å². The Bertz CT molecular complexity index is 1390. The molecule has 5 aromatic rings. The zero-order valence-corrected chi connectivity index (χ0v) is 18.6. The fourth-order valence-electron chi connectivity index (χ4n) is 3.44. The first kappa shape index (κ1) is 20.8. The normalized spacial score (nSPS) is 10.9. The number of aromatic nitrogens is 5. The molecular weight excluding hydrogens is 436 g/mol. The highest BCUT2D eigenvalue weighted by Crippen LogP contribution is 2.23. The number of hydrogen-bond donors (Lipinski definition) is 1. The van der Waals surface area contributed by atoms with Crippen molar-refractivity contribution in [3.8, 4) is 17.1 Å². The van der Waals surface area contributed by atoms with Gasteiger partial charge in [-0.3, -0.25) is 13.9 Å². The molecule has 0 radical (unpaired) electrons. The molecule has 1 amide bonds. The van der Waals surface area contributed by atoms with Crippen LogP contribution in [0.1, 0.15) is 0 Å². The number of benzene rings is 3. The number of para-hydroxylation sites is 2. The highest BCUT2D eigenvalue weighted by atomic mass is 32.2. The monoisotopic (exact) mass is 456 g/mol. The molecule has 5 rings (SSSR count). The van der Waals surface area contributed by atoms with E-state index in [-0.39, 0.29) is 11.7 Å². The van der Waals surface area contributed by atoms with Gasteiger partial charge in [0.05, 0.1) is 23.9 Å². The summed E-state index contributed by atoms with van der Waals surface area (Å²) < 4.78 is 9.05. The van der Waals surface area contributed by atoms with Gasteiger partial charge in [-0.15, -0.1) is 10.2 Å². The average molecular weight is 457 g/mol. The molecule has 1 N–H and O–H groups in total. The van der Waals surface area contributed by atoms with Crippen molar-refractivity contribution in [2.24, 2.45) is 0 Å². The standard InChI is InChI=1S/C24H20N6O2S/c1-32-20-12-10-19(11-13-20)30-16-26-28-24(30)33-14-23(31)27-17-6-8-18(9-7-17)29-15-25-21-4-2-3-5-22(21)29/h2-13,15-16H,14H2,1H3,(H,27,31). The quantitative estimate of drug-likeness (QED) is 0.367. The van der Waals surface area contributed by atoms with Crippen molar-refractivity contribution in [1.29, 1.82) is 0 Å². The van der Waals surface area contributed by atoms with Gasteiger partial charge in [0.1, 0.15) is 18.4 Å². The topological polar surface area (TPSA) is 86.9 Å². The van der Waals surface area contributed by atoms with Crippen molar-refractivity contribution in [2.45, 2.75) is 5.16 Å². The van der Waals surface area contributed by atoms with Crippen LogP contribution in [0.4, 0.5) is 5.69 Å². The maximum Gasteiger partial charge on any atom is 0.234 e. The Balaban J connectivity index is 1.22. The molecule has 0 saturated heterocycles. The first-order chi connectivity index (χ1) is 16.2. The summed E-state index contributed by atoms with van der Waals surface area (Å²) in [7, 11) is 1.63. The molecule has 2 heterocycles. The summed E-state index contributed by atoms with van der Waals surface area (Å²) >= 11 is 1.32. The third kappa shape index (κ3) is 4.44. The number of nitrogens with one attached hydrogen (secondary N) is 1. The number of fused-ring (bicyclic) bond motifs is 1. The van der Waals surface area contributed by atoms with E-state index < -0.39 is 0 Å².